The van der Waals surface area contributed by atoms with Crippen LogP contribution in [0.4, 0.5) is 5.69 Å². The van der Waals surface area contributed by atoms with Crippen molar-refractivity contribution in [3.8, 4) is 0 Å². The van der Waals surface area contributed by atoms with E-state index in [1.54, 1.807) is 10.7 Å². The first-order chi connectivity index (χ1) is 7.74. The first kappa shape index (κ1) is 9.77. The molecule has 1 amide bonds. The number of aromatic nitrogens is 3. The van der Waals surface area contributed by atoms with Crippen LogP contribution >= 0.6 is 15.9 Å². The summed E-state index contributed by atoms with van der Waals surface area (Å²) in [6, 6.07) is 1.84. The molecule has 0 aromatic carbocycles. The fraction of sp³-hybridized carbons (Fsp3) is 0.300. The summed E-state index contributed by atoms with van der Waals surface area (Å²) < 4.78 is 2.65. The SMILES string of the molecule is O=C(Nc1cc(Br)cn2cnnc12)C1CC1. The summed E-state index contributed by atoms with van der Waals surface area (Å²) in [5.74, 6) is 0.255. The number of pyridine rings is 1. The Balaban J connectivity index is 2.00. The summed E-state index contributed by atoms with van der Waals surface area (Å²) in [4.78, 5) is 11.7. The predicted octanol–water partition coefficient (Wildman–Crippen LogP) is 1.84. The normalized spacial score (nSPS) is 15.3. The summed E-state index contributed by atoms with van der Waals surface area (Å²) in [7, 11) is 0. The van der Waals surface area contributed by atoms with Crippen molar-refractivity contribution in [1.82, 2.24) is 14.6 Å². The van der Waals surface area contributed by atoms with Crippen LogP contribution in [0.5, 0.6) is 0 Å². The molecule has 1 saturated carbocycles. The molecule has 0 radical (unpaired) electrons. The van der Waals surface area contributed by atoms with Gasteiger partial charge in [0, 0.05) is 16.6 Å². The van der Waals surface area contributed by atoms with E-state index in [2.05, 4.69) is 31.4 Å². The van der Waals surface area contributed by atoms with Gasteiger partial charge in [0.05, 0.1) is 5.69 Å². The highest BCUT2D eigenvalue weighted by atomic mass is 79.9. The predicted molar refractivity (Wildman–Crippen MR) is 62.0 cm³/mol. The summed E-state index contributed by atoms with van der Waals surface area (Å²) in [6.07, 6.45) is 5.43. The van der Waals surface area contributed by atoms with E-state index in [0.29, 0.717) is 11.3 Å². The highest BCUT2D eigenvalue weighted by Gasteiger charge is 2.30. The third-order valence-electron chi connectivity index (χ3n) is 2.56. The van der Waals surface area contributed by atoms with Crippen molar-refractivity contribution in [2.24, 2.45) is 5.92 Å². The van der Waals surface area contributed by atoms with Crippen LogP contribution < -0.4 is 5.32 Å². The molecule has 3 rings (SSSR count). The summed E-state index contributed by atoms with van der Waals surface area (Å²) >= 11 is 3.38. The van der Waals surface area contributed by atoms with Gasteiger partial charge in [-0.1, -0.05) is 0 Å². The zero-order valence-corrected chi connectivity index (χ0v) is 9.94. The number of carbonyl (C=O) groups excluding carboxylic acids is 1. The number of amides is 1. The van der Waals surface area contributed by atoms with Gasteiger partial charge in [-0.25, -0.2) is 0 Å². The van der Waals surface area contributed by atoms with Crippen molar-refractivity contribution in [3.63, 3.8) is 0 Å². The van der Waals surface area contributed by atoms with Crippen LogP contribution in [-0.2, 0) is 4.79 Å². The Kier molecular flexibility index (Phi) is 2.17. The molecule has 0 atom stereocenters. The van der Waals surface area contributed by atoms with E-state index >= 15 is 0 Å². The zero-order chi connectivity index (χ0) is 11.1. The second-order valence-corrected chi connectivity index (χ2v) is 4.81. The van der Waals surface area contributed by atoms with Crippen LogP contribution in [0.25, 0.3) is 5.65 Å². The van der Waals surface area contributed by atoms with Crippen LogP contribution in [0.3, 0.4) is 0 Å². The number of halogens is 1. The summed E-state index contributed by atoms with van der Waals surface area (Å²) in [5.41, 5.74) is 1.36. The van der Waals surface area contributed by atoms with Gasteiger partial charge in [0.25, 0.3) is 0 Å². The highest BCUT2D eigenvalue weighted by molar-refractivity contribution is 9.10. The van der Waals surface area contributed by atoms with Gasteiger partial charge in [-0.2, -0.15) is 0 Å². The number of hydrogen-bond donors (Lipinski definition) is 1. The van der Waals surface area contributed by atoms with Crippen molar-refractivity contribution in [3.05, 3.63) is 23.1 Å². The zero-order valence-electron chi connectivity index (χ0n) is 8.35. The first-order valence-corrected chi connectivity index (χ1v) is 5.83. The maximum Gasteiger partial charge on any atom is 0.227 e. The van der Waals surface area contributed by atoms with Gasteiger partial charge in [-0.05, 0) is 34.8 Å². The Labute approximate surface area is 100.0 Å². The Bertz CT molecular complexity index is 561. The third kappa shape index (κ3) is 1.69. The number of nitrogens with one attached hydrogen (secondary N) is 1. The molecule has 0 aliphatic heterocycles. The molecule has 16 heavy (non-hydrogen) atoms. The summed E-state index contributed by atoms with van der Waals surface area (Å²) in [6.45, 7) is 0. The standard InChI is InChI=1S/C10H9BrN4O/c11-7-3-8(13-10(16)6-1-2-6)9-14-12-5-15(9)4-7/h3-6H,1-2H2,(H,13,16). The minimum Gasteiger partial charge on any atom is -0.323 e. The van der Waals surface area contributed by atoms with Crippen LogP contribution in [0.1, 0.15) is 12.8 Å². The topological polar surface area (TPSA) is 59.3 Å². The van der Waals surface area contributed by atoms with Crippen molar-refractivity contribution in [2.75, 3.05) is 5.32 Å². The third-order valence-corrected chi connectivity index (χ3v) is 3.00. The van der Waals surface area contributed by atoms with Gasteiger partial charge in [0.1, 0.15) is 6.33 Å². The van der Waals surface area contributed by atoms with E-state index in [4.69, 9.17) is 0 Å². The molecule has 2 heterocycles. The Hall–Kier alpha value is -1.43. The average molecular weight is 281 g/mol. The Morgan fingerprint density at radius 3 is 3.12 bits per heavy atom. The van der Waals surface area contributed by atoms with E-state index in [-0.39, 0.29) is 11.8 Å². The van der Waals surface area contributed by atoms with Gasteiger partial charge >= 0.3 is 0 Å². The molecule has 1 N–H and O–H groups in total. The molecular weight excluding hydrogens is 272 g/mol. The van der Waals surface area contributed by atoms with Gasteiger partial charge in [-0.3, -0.25) is 9.20 Å². The molecule has 2 aromatic rings. The smallest absolute Gasteiger partial charge is 0.227 e. The molecule has 6 heteroatoms. The van der Waals surface area contributed by atoms with E-state index in [9.17, 15) is 4.79 Å². The molecule has 0 spiro atoms. The lowest BCUT2D eigenvalue weighted by Crippen LogP contribution is -2.14. The van der Waals surface area contributed by atoms with E-state index in [1.165, 1.54) is 0 Å². The lowest BCUT2D eigenvalue weighted by atomic mass is 10.3. The minimum atomic E-state index is 0.0722. The number of carbonyl (C=O) groups is 1. The number of rotatable bonds is 2. The lowest BCUT2D eigenvalue weighted by molar-refractivity contribution is -0.117. The first-order valence-electron chi connectivity index (χ1n) is 5.04. The van der Waals surface area contributed by atoms with E-state index in [1.807, 2.05) is 12.3 Å². The number of hydrogen-bond acceptors (Lipinski definition) is 3. The van der Waals surface area contributed by atoms with Crippen molar-refractivity contribution in [1.29, 1.82) is 0 Å². The molecule has 5 nitrogen and oxygen atoms in total. The minimum absolute atomic E-state index is 0.0722. The molecule has 0 unspecified atom stereocenters. The van der Waals surface area contributed by atoms with Crippen molar-refractivity contribution < 1.29 is 4.79 Å². The van der Waals surface area contributed by atoms with Crippen molar-refractivity contribution >= 4 is 33.2 Å². The highest BCUT2D eigenvalue weighted by Crippen LogP contribution is 2.31. The molecule has 0 bridgehead atoms. The van der Waals surface area contributed by atoms with Gasteiger partial charge in [0.15, 0.2) is 5.65 Å². The van der Waals surface area contributed by atoms with Crippen LogP contribution in [0, 0.1) is 5.92 Å². The molecular formula is C10H9BrN4O. The number of anilines is 1. The Morgan fingerprint density at radius 1 is 1.56 bits per heavy atom. The molecule has 1 fully saturated rings. The van der Waals surface area contributed by atoms with Crippen LogP contribution in [0.2, 0.25) is 0 Å². The molecule has 82 valence electrons. The monoisotopic (exact) mass is 280 g/mol. The molecule has 0 saturated heterocycles. The fourth-order valence-corrected chi connectivity index (χ4v) is 2.02. The number of nitrogens with zero attached hydrogens (tertiary/aromatic N) is 3. The summed E-state index contributed by atoms with van der Waals surface area (Å²) in [5, 5.41) is 10.7. The van der Waals surface area contributed by atoms with Gasteiger partial charge in [-0.15, -0.1) is 10.2 Å². The maximum atomic E-state index is 11.7. The lowest BCUT2D eigenvalue weighted by Gasteiger charge is -2.05. The maximum absolute atomic E-state index is 11.7. The molecule has 1 aliphatic rings. The van der Waals surface area contributed by atoms with E-state index in [0.717, 1.165) is 17.3 Å². The second-order valence-electron chi connectivity index (χ2n) is 3.90. The van der Waals surface area contributed by atoms with Crippen LogP contribution in [-0.4, -0.2) is 20.5 Å². The average Bonchev–Trinajstić information content (AvgIpc) is 2.98. The van der Waals surface area contributed by atoms with Crippen molar-refractivity contribution in [2.45, 2.75) is 12.8 Å². The molecule has 2 aromatic heterocycles. The molecule has 1 aliphatic carbocycles. The largest absolute Gasteiger partial charge is 0.323 e. The fourth-order valence-electron chi connectivity index (χ4n) is 1.57. The van der Waals surface area contributed by atoms with E-state index < -0.39 is 0 Å². The Morgan fingerprint density at radius 2 is 2.38 bits per heavy atom. The van der Waals surface area contributed by atoms with Gasteiger partial charge in [0.2, 0.25) is 5.91 Å². The quantitative estimate of drug-likeness (QED) is 0.913. The number of fused-ring (bicyclic) bond motifs is 1. The van der Waals surface area contributed by atoms with Crippen LogP contribution in [0.15, 0.2) is 23.1 Å². The second kappa shape index (κ2) is 3.55. The van der Waals surface area contributed by atoms with Gasteiger partial charge < -0.3 is 5.32 Å².